The lowest BCUT2D eigenvalue weighted by Gasteiger charge is -2.29. The van der Waals surface area contributed by atoms with Crippen LogP contribution in [0, 0.1) is 5.82 Å². The summed E-state index contributed by atoms with van der Waals surface area (Å²) in [5.74, 6) is -0.522. The van der Waals surface area contributed by atoms with Gasteiger partial charge in [0.15, 0.2) is 0 Å². The van der Waals surface area contributed by atoms with E-state index in [1.54, 1.807) is 65.2 Å². The lowest BCUT2D eigenvalue weighted by Crippen LogP contribution is -2.34. The standard InChI is InChI=1S/C29H24Cl2FN5O3/c1-17(25-5-3-4-12-33-25)34-29(39)40-28-23-16-36(18(2)38)15-20(13-19-6-9-22(32)10-7-19)27(23)37(35-28)26-11-8-21(30)14-24(26)31/h3-14,17H,15-16H2,1-2H3,(H,34,39)/b20-13+. The molecule has 2 aromatic heterocycles. The van der Waals surface area contributed by atoms with Crippen LogP contribution >= 0.6 is 23.2 Å². The summed E-state index contributed by atoms with van der Waals surface area (Å²) in [6.45, 7) is 3.64. The predicted octanol–water partition coefficient (Wildman–Crippen LogP) is 6.47. The van der Waals surface area contributed by atoms with Crippen LogP contribution in [0.3, 0.4) is 0 Å². The molecule has 1 N–H and O–H groups in total. The van der Waals surface area contributed by atoms with Crippen molar-refractivity contribution < 1.29 is 18.7 Å². The first-order chi connectivity index (χ1) is 19.2. The molecule has 3 heterocycles. The van der Waals surface area contributed by atoms with E-state index >= 15 is 0 Å². The molecule has 0 fully saturated rings. The van der Waals surface area contributed by atoms with Crippen LogP contribution in [0.25, 0.3) is 17.3 Å². The first-order valence-corrected chi connectivity index (χ1v) is 13.1. The number of fused-ring (bicyclic) bond motifs is 1. The van der Waals surface area contributed by atoms with Crippen molar-refractivity contribution in [3.05, 3.63) is 105 Å². The Kier molecular flexibility index (Phi) is 7.86. The van der Waals surface area contributed by atoms with Gasteiger partial charge in [0.25, 0.3) is 0 Å². The maximum Gasteiger partial charge on any atom is 0.414 e. The van der Waals surface area contributed by atoms with Crippen LogP contribution in [0.2, 0.25) is 10.0 Å². The fourth-order valence-corrected chi connectivity index (χ4v) is 4.92. The second-order valence-electron chi connectivity index (χ2n) is 9.25. The van der Waals surface area contributed by atoms with E-state index in [2.05, 4.69) is 15.4 Å². The molecule has 2 amide bonds. The zero-order chi connectivity index (χ0) is 28.4. The third kappa shape index (κ3) is 5.85. The van der Waals surface area contributed by atoms with Gasteiger partial charge in [-0.25, -0.2) is 13.9 Å². The van der Waals surface area contributed by atoms with Gasteiger partial charge < -0.3 is 15.0 Å². The van der Waals surface area contributed by atoms with Crippen molar-refractivity contribution in [1.82, 2.24) is 25.0 Å². The number of pyridine rings is 1. The molecular weight excluding hydrogens is 556 g/mol. The quantitative estimate of drug-likeness (QED) is 0.293. The number of aromatic nitrogens is 3. The van der Waals surface area contributed by atoms with Gasteiger partial charge in [0.05, 0.1) is 40.2 Å². The van der Waals surface area contributed by atoms with Gasteiger partial charge in [0.2, 0.25) is 11.8 Å². The summed E-state index contributed by atoms with van der Waals surface area (Å²) in [7, 11) is 0. The van der Waals surface area contributed by atoms with Gasteiger partial charge in [-0.15, -0.1) is 5.10 Å². The van der Waals surface area contributed by atoms with Crippen molar-refractivity contribution >= 4 is 46.9 Å². The van der Waals surface area contributed by atoms with Gasteiger partial charge in [-0.3, -0.25) is 9.78 Å². The molecule has 4 aromatic rings. The number of hydrogen-bond acceptors (Lipinski definition) is 5. The maximum absolute atomic E-state index is 13.6. The van der Waals surface area contributed by atoms with Gasteiger partial charge in [-0.2, -0.15) is 0 Å². The lowest BCUT2D eigenvalue weighted by molar-refractivity contribution is -0.128. The Labute approximate surface area is 240 Å². The molecule has 204 valence electrons. The van der Waals surface area contributed by atoms with Crippen LogP contribution in [0.4, 0.5) is 9.18 Å². The highest BCUT2D eigenvalue weighted by molar-refractivity contribution is 6.35. The number of ether oxygens (including phenoxy) is 1. The highest BCUT2D eigenvalue weighted by Gasteiger charge is 2.33. The van der Waals surface area contributed by atoms with Gasteiger partial charge in [-0.05, 0) is 66.6 Å². The molecule has 0 aliphatic carbocycles. The summed E-state index contributed by atoms with van der Waals surface area (Å²) in [5.41, 5.74) is 3.69. The van der Waals surface area contributed by atoms with Crippen LogP contribution in [0.15, 0.2) is 66.9 Å². The summed E-state index contributed by atoms with van der Waals surface area (Å²) < 4.78 is 20.9. The average molecular weight is 580 g/mol. The normalized spacial score (nSPS) is 14.5. The van der Waals surface area contributed by atoms with Crippen molar-refractivity contribution in [2.75, 3.05) is 6.54 Å². The topological polar surface area (TPSA) is 89.3 Å². The molecule has 0 spiro atoms. The van der Waals surface area contributed by atoms with Crippen LogP contribution in [0.1, 0.15) is 42.4 Å². The number of rotatable bonds is 5. The smallest absolute Gasteiger partial charge is 0.389 e. The van der Waals surface area contributed by atoms with E-state index in [0.29, 0.717) is 43.8 Å². The highest BCUT2D eigenvalue weighted by Crippen LogP contribution is 2.38. The van der Waals surface area contributed by atoms with Crippen molar-refractivity contribution in [1.29, 1.82) is 0 Å². The molecule has 0 bridgehead atoms. The molecule has 8 nitrogen and oxygen atoms in total. The average Bonchev–Trinajstić information content (AvgIpc) is 3.28. The third-order valence-corrected chi connectivity index (χ3v) is 6.95. The van der Waals surface area contributed by atoms with E-state index in [1.807, 2.05) is 12.1 Å². The molecule has 1 atom stereocenters. The Bertz CT molecular complexity index is 1610. The highest BCUT2D eigenvalue weighted by atomic mass is 35.5. The van der Waals surface area contributed by atoms with Crippen molar-refractivity contribution in [2.24, 2.45) is 0 Å². The van der Waals surface area contributed by atoms with E-state index in [-0.39, 0.29) is 30.7 Å². The molecule has 0 saturated heterocycles. The van der Waals surface area contributed by atoms with Crippen molar-refractivity contribution in [3.63, 3.8) is 0 Å². The molecule has 1 aliphatic rings. The second kappa shape index (κ2) is 11.5. The molecule has 11 heteroatoms. The number of benzene rings is 2. The fraction of sp³-hybridized carbons (Fsp3) is 0.172. The Morgan fingerprint density at radius 1 is 1.10 bits per heavy atom. The fourth-order valence-electron chi connectivity index (χ4n) is 4.44. The number of carbonyl (C=O) groups is 2. The number of amides is 2. The Balaban J connectivity index is 1.60. The first kappa shape index (κ1) is 27.4. The minimum atomic E-state index is -0.739. The number of halogens is 3. The minimum absolute atomic E-state index is 0.0164. The Morgan fingerprint density at radius 2 is 1.88 bits per heavy atom. The van der Waals surface area contributed by atoms with Gasteiger partial charge >= 0.3 is 6.09 Å². The maximum atomic E-state index is 13.6. The van der Waals surface area contributed by atoms with Gasteiger partial charge in [0, 0.05) is 24.7 Å². The number of nitrogens with one attached hydrogen (secondary N) is 1. The molecule has 2 aromatic carbocycles. The van der Waals surface area contributed by atoms with Crippen molar-refractivity contribution in [3.8, 4) is 11.6 Å². The van der Waals surface area contributed by atoms with Crippen LogP contribution in [-0.4, -0.2) is 38.2 Å². The summed E-state index contributed by atoms with van der Waals surface area (Å²) in [6, 6.07) is 15.9. The summed E-state index contributed by atoms with van der Waals surface area (Å²) >= 11 is 12.7. The van der Waals surface area contributed by atoms with Crippen LogP contribution in [0.5, 0.6) is 5.88 Å². The minimum Gasteiger partial charge on any atom is -0.389 e. The summed E-state index contributed by atoms with van der Waals surface area (Å²) in [6.07, 6.45) is 2.73. The molecule has 0 saturated carbocycles. The molecule has 0 radical (unpaired) electrons. The van der Waals surface area contributed by atoms with Crippen molar-refractivity contribution in [2.45, 2.75) is 26.4 Å². The second-order valence-corrected chi connectivity index (χ2v) is 10.1. The number of carbonyl (C=O) groups excluding carboxylic acids is 2. The van der Waals surface area contributed by atoms with Gasteiger partial charge in [0.1, 0.15) is 5.82 Å². The SMILES string of the molecule is CC(=O)N1C/C(=C\c2ccc(F)cc2)c2c(c(OC(=O)NC(C)c3ccccn3)nn2-c2ccc(Cl)cc2Cl)C1. The van der Waals surface area contributed by atoms with E-state index < -0.39 is 12.1 Å². The predicted molar refractivity (Wildman–Crippen MR) is 151 cm³/mol. The molecular formula is C29H24Cl2FN5O3. The number of nitrogens with zero attached hydrogens (tertiary/aromatic N) is 4. The van der Waals surface area contributed by atoms with E-state index in [9.17, 15) is 14.0 Å². The Hall–Kier alpha value is -4.21. The first-order valence-electron chi connectivity index (χ1n) is 12.4. The van der Waals surface area contributed by atoms with Gasteiger partial charge in [-0.1, -0.05) is 41.4 Å². The van der Waals surface area contributed by atoms with Crippen LogP contribution in [-0.2, 0) is 11.3 Å². The van der Waals surface area contributed by atoms with E-state index in [4.69, 9.17) is 27.9 Å². The monoisotopic (exact) mass is 579 g/mol. The van der Waals surface area contributed by atoms with E-state index in [0.717, 1.165) is 0 Å². The zero-order valence-corrected chi connectivity index (χ0v) is 23.1. The largest absolute Gasteiger partial charge is 0.414 e. The molecule has 40 heavy (non-hydrogen) atoms. The van der Waals surface area contributed by atoms with Crippen LogP contribution < -0.4 is 10.1 Å². The molecule has 1 unspecified atom stereocenters. The van der Waals surface area contributed by atoms with E-state index in [1.165, 1.54) is 19.1 Å². The third-order valence-electron chi connectivity index (χ3n) is 6.41. The number of hydrogen-bond donors (Lipinski definition) is 1. The molecule has 1 aliphatic heterocycles. The molecule has 5 rings (SSSR count). The Morgan fingerprint density at radius 3 is 2.55 bits per heavy atom. The summed E-state index contributed by atoms with van der Waals surface area (Å²) in [5, 5.41) is 8.16. The lowest BCUT2D eigenvalue weighted by atomic mass is 9.99. The summed E-state index contributed by atoms with van der Waals surface area (Å²) in [4.78, 5) is 31.4. The zero-order valence-electron chi connectivity index (χ0n) is 21.6.